The van der Waals surface area contributed by atoms with Crippen LogP contribution in [-0.4, -0.2) is 18.1 Å². The Bertz CT molecular complexity index is 354. The number of aryl methyl sites for hydroxylation is 1. The summed E-state index contributed by atoms with van der Waals surface area (Å²) in [6.45, 7) is 1.67. The molecule has 0 amide bonds. The smallest absolute Gasteiger partial charge is 0.354 e. The molecule has 0 atom stereocenters. The Morgan fingerprint density at radius 1 is 1.50 bits per heavy atom. The zero-order valence-corrected chi connectivity index (χ0v) is 6.88. The predicted molar refractivity (Wildman–Crippen MR) is 43.1 cm³/mol. The molecule has 1 rings (SSSR count). The number of carbonyl (C=O) groups is 1. The van der Waals surface area contributed by atoms with Crippen LogP contribution in [0.25, 0.3) is 0 Å². The molecule has 0 bridgehead atoms. The van der Waals surface area contributed by atoms with Crippen molar-refractivity contribution in [1.29, 1.82) is 0 Å². The van der Waals surface area contributed by atoms with E-state index < -0.39 is 5.97 Å². The summed E-state index contributed by atoms with van der Waals surface area (Å²) in [4.78, 5) is 24.3. The summed E-state index contributed by atoms with van der Waals surface area (Å²) in [7, 11) is 1.26. The van der Waals surface area contributed by atoms with Gasteiger partial charge in [0.2, 0.25) is 0 Å². The Labute approximate surface area is 69.2 Å². The van der Waals surface area contributed by atoms with Gasteiger partial charge < -0.3 is 9.72 Å². The average molecular weight is 167 g/mol. The minimum Gasteiger partial charge on any atom is -0.464 e. The molecular weight excluding hydrogens is 158 g/mol. The third-order valence-corrected chi connectivity index (χ3v) is 1.51. The highest BCUT2D eigenvalue weighted by Gasteiger charge is 2.05. The Hall–Kier alpha value is -1.58. The van der Waals surface area contributed by atoms with Crippen molar-refractivity contribution in [3.8, 4) is 0 Å². The second kappa shape index (κ2) is 3.21. The van der Waals surface area contributed by atoms with Crippen LogP contribution >= 0.6 is 0 Å². The fourth-order valence-corrected chi connectivity index (χ4v) is 0.776. The minimum absolute atomic E-state index is 0.174. The quantitative estimate of drug-likeness (QED) is 0.618. The number of H-pyrrole nitrogens is 1. The lowest BCUT2D eigenvalue weighted by Gasteiger charge is -1.98. The van der Waals surface area contributed by atoms with E-state index in [1.54, 1.807) is 13.0 Å². The zero-order valence-electron chi connectivity index (χ0n) is 6.88. The fourth-order valence-electron chi connectivity index (χ4n) is 0.776. The molecule has 4 nitrogen and oxygen atoms in total. The number of esters is 1. The van der Waals surface area contributed by atoms with E-state index in [4.69, 9.17) is 0 Å². The summed E-state index contributed by atoms with van der Waals surface area (Å²) in [6.07, 6.45) is 0. The summed E-state index contributed by atoms with van der Waals surface area (Å²) in [5.41, 5.74) is 0.480. The molecule has 0 spiro atoms. The van der Waals surface area contributed by atoms with Crippen molar-refractivity contribution in [2.45, 2.75) is 6.92 Å². The topological polar surface area (TPSA) is 59.2 Å². The van der Waals surface area contributed by atoms with Crippen LogP contribution in [0.1, 0.15) is 16.1 Å². The highest BCUT2D eigenvalue weighted by molar-refractivity contribution is 5.86. The summed E-state index contributed by atoms with van der Waals surface area (Å²) in [5, 5.41) is 0. The van der Waals surface area contributed by atoms with Crippen molar-refractivity contribution in [2.75, 3.05) is 7.11 Å². The van der Waals surface area contributed by atoms with Crippen molar-refractivity contribution in [1.82, 2.24) is 4.98 Å². The molecule has 1 aromatic heterocycles. The summed E-state index contributed by atoms with van der Waals surface area (Å²) < 4.78 is 4.42. The van der Waals surface area contributed by atoms with Gasteiger partial charge in [0.1, 0.15) is 5.69 Å². The molecule has 4 heteroatoms. The molecular formula is C8H9NO3. The number of hydrogen-bond donors (Lipinski definition) is 1. The van der Waals surface area contributed by atoms with Gasteiger partial charge in [-0.2, -0.15) is 0 Å². The largest absolute Gasteiger partial charge is 0.464 e. The number of methoxy groups -OCH3 is 1. The predicted octanol–water partition coefficient (Wildman–Crippen LogP) is 0.470. The molecule has 0 fully saturated rings. The highest BCUT2D eigenvalue weighted by atomic mass is 16.5. The number of ether oxygens (including phenoxy) is 1. The van der Waals surface area contributed by atoms with Gasteiger partial charge in [0, 0.05) is 5.56 Å². The molecule has 0 radical (unpaired) electrons. The van der Waals surface area contributed by atoms with Gasteiger partial charge in [0.05, 0.1) is 7.11 Å². The van der Waals surface area contributed by atoms with Gasteiger partial charge >= 0.3 is 5.97 Å². The number of hydrogen-bond acceptors (Lipinski definition) is 3. The normalized spacial score (nSPS) is 9.50. The van der Waals surface area contributed by atoms with E-state index in [1.165, 1.54) is 13.2 Å². The van der Waals surface area contributed by atoms with E-state index in [-0.39, 0.29) is 11.3 Å². The average Bonchev–Trinajstić information content (AvgIpc) is 2.08. The SMILES string of the molecule is COC(=O)c1ccc(C)c(=O)[nH]1. The second-order valence-electron chi connectivity index (χ2n) is 2.38. The molecule has 0 aliphatic rings. The Morgan fingerprint density at radius 2 is 2.17 bits per heavy atom. The second-order valence-corrected chi connectivity index (χ2v) is 2.38. The number of nitrogens with one attached hydrogen (secondary N) is 1. The van der Waals surface area contributed by atoms with Crippen molar-refractivity contribution in [2.24, 2.45) is 0 Å². The Morgan fingerprint density at radius 3 is 2.67 bits per heavy atom. The van der Waals surface area contributed by atoms with E-state index >= 15 is 0 Å². The summed E-state index contributed by atoms with van der Waals surface area (Å²) in [5.74, 6) is -0.535. The van der Waals surface area contributed by atoms with E-state index in [1.807, 2.05) is 0 Å². The molecule has 1 heterocycles. The number of carbonyl (C=O) groups excluding carboxylic acids is 1. The zero-order chi connectivity index (χ0) is 9.14. The van der Waals surface area contributed by atoms with E-state index in [9.17, 15) is 9.59 Å². The van der Waals surface area contributed by atoms with Gasteiger partial charge in [-0.25, -0.2) is 4.79 Å². The monoisotopic (exact) mass is 167 g/mol. The lowest BCUT2D eigenvalue weighted by Crippen LogP contribution is -2.15. The van der Waals surface area contributed by atoms with Gasteiger partial charge in [0.15, 0.2) is 0 Å². The van der Waals surface area contributed by atoms with Crippen LogP contribution < -0.4 is 5.56 Å². The molecule has 0 saturated heterocycles. The van der Waals surface area contributed by atoms with Crippen molar-refractivity contribution < 1.29 is 9.53 Å². The lowest BCUT2D eigenvalue weighted by molar-refractivity contribution is 0.0593. The van der Waals surface area contributed by atoms with Gasteiger partial charge in [0.25, 0.3) is 5.56 Å². The molecule has 12 heavy (non-hydrogen) atoms. The minimum atomic E-state index is -0.535. The molecule has 0 saturated carbocycles. The maximum absolute atomic E-state index is 11.0. The third kappa shape index (κ3) is 1.53. The first-order chi connectivity index (χ1) is 5.65. The van der Waals surface area contributed by atoms with Crippen LogP contribution in [0.4, 0.5) is 0 Å². The Balaban J connectivity index is 3.13. The van der Waals surface area contributed by atoms with Crippen LogP contribution in [0.2, 0.25) is 0 Å². The molecule has 0 aliphatic carbocycles. The van der Waals surface area contributed by atoms with Gasteiger partial charge in [-0.1, -0.05) is 6.07 Å². The van der Waals surface area contributed by atoms with E-state index in [2.05, 4.69) is 9.72 Å². The first kappa shape index (κ1) is 8.52. The molecule has 64 valence electrons. The lowest BCUT2D eigenvalue weighted by atomic mass is 10.3. The standard InChI is InChI=1S/C8H9NO3/c1-5-3-4-6(8(11)12-2)9-7(5)10/h3-4H,1-2H3,(H,9,10). The molecule has 0 aromatic carbocycles. The van der Waals surface area contributed by atoms with Gasteiger partial charge in [-0.15, -0.1) is 0 Å². The maximum Gasteiger partial charge on any atom is 0.354 e. The van der Waals surface area contributed by atoms with Crippen LogP contribution in [-0.2, 0) is 4.74 Å². The molecule has 0 aliphatic heterocycles. The fraction of sp³-hybridized carbons (Fsp3) is 0.250. The Kier molecular flexibility index (Phi) is 2.28. The van der Waals surface area contributed by atoms with Crippen molar-refractivity contribution >= 4 is 5.97 Å². The van der Waals surface area contributed by atoms with Crippen LogP contribution in [0.3, 0.4) is 0 Å². The van der Waals surface area contributed by atoms with Gasteiger partial charge in [-0.05, 0) is 13.0 Å². The summed E-state index contributed by atoms with van der Waals surface area (Å²) in [6, 6.07) is 3.09. The molecule has 1 aromatic rings. The molecule has 0 unspecified atom stereocenters. The van der Waals surface area contributed by atoms with Crippen LogP contribution in [0.15, 0.2) is 16.9 Å². The summed E-state index contributed by atoms with van der Waals surface area (Å²) >= 11 is 0. The number of pyridine rings is 1. The van der Waals surface area contributed by atoms with Crippen LogP contribution in [0, 0.1) is 6.92 Å². The first-order valence-electron chi connectivity index (χ1n) is 3.43. The number of aromatic amines is 1. The van der Waals surface area contributed by atoms with Crippen LogP contribution in [0.5, 0.6) is 0 Å². The van der Waals surface area contributed by atoms with E-state index in [0.29, 0.717) is 5.56 Å². The van der Waals surface area contributed by atoms with E-state index in [0.717, 1.165) is 0 Å². The number of rotatable bonds is 1. The molecule has 1 N–H and O–H groups in total. The van der Waals surface area contributed by atoms with Crippen molar-refractivity contribution in [3.63, 3.8) is 0 Å². The number of aromatic nitrogens is 1. The van der Waals surface area contributed by atoms with Gasteiger partial charge in [-0.3, -0.25) is 4.79 Å². The van der Waals surface area contributed by atoms with Crippen molar-refractivity contribution in [3.05, 3.63) is 33.7 Å². The first-order valence-corrected chi connectivity index (χ1v) is 3.43. The third-order valence-electron chi connectivity index (χ3n) is 1.51. The highest BCUT2D eigenvalue weighted by Crippen LogP contribution is 1.95. The maximum atomic E-state index is 11.0.